The Balaban J connectivity index is 1.74. The van der Waals surface area contributed by atoms with E-state index in [-0.39, 0.29) is 12.1 Å². The normalized spacial score (nSPS) is 22.7. The first kappa shape index (κ1) is 14.4. The lowest BCUT2D eigenvalue weighted by Crippen LogP contribution is -2.48. The fraction of sp³-hybridized carbons (Fsp3) is 0.750. The number of nitrogens with zero attached hydrogens (tertiary/aromatic N) is 3. The van der Waals surface area contributed by atoms with Gasteiger partial charge in [-0.2, -0.15) is 0 Å². The Morgan fingerprint density at radius 3 is 2.81 bits per heavy atom. The van der Waals surface area contributed by atoms with Gasteiger partial charge in [0, 0.05) is 36.9 Å². The van der Waals surface area contributed by atoms with Gasteiger partial charge in [-0.1, -0.05) is 0 Å². The maximum absolute atomic E-state index is 12.2. The summed E-state index contributed by atoms with van der Waals surface area (Å²) in [5.74, 6) is 1.89. The number of hydrogen-bond donors (Lipinski definition) is 1. The molecule has 2 aliphatic rings. The molecular weight excluding hydrogens is 264 g/mol. The first-order valence-corrected chi connectivity index (χ1v) is 8.15. The van der Waals surface area contributed by atoms with E-state index >= 15 is 0 Å². The lowest BCUT2D eigenvalue weighted by Gasteiger charge is -2.35. The number of carbonyl (C=O) groups is 1. The smallest absolute Gasteiger partial charge is 0.317 e. The van der Waals surface area contributed by atoms with Crippen molar-refractivity contribution in [3.8, 4) is 0 Å². The molecule has 0 bridgehead atoms. The number of hydrogen-bond acceptors (Lipinski definition) is 2. The largest absolute Gasteiger partial charge is 0.336 e. The Morgan fingerprint density at radius 2 is 2.14 bits per heavy atom. The molecule has 1 N–H and O–H groups in total. The minimum Gasteiger partial charge on any atom is -0.336 e. The average molecular weight is 290 g/mol. The maximum atomic E-state index is 12.2. The fourth-order valence-electron chi connectivity index (χ4n) is 3.27. The lowest BCUT2D eigenvalue weighted by molar-refractivity contribution is 0.163. The number of amides is 2. The SMILES string of the molecule is Cc1cnc(C2CC2)n1C1CCCN(C(=O)NC(C)C)C1. The number of aromatic nitrogens is 2. The first-order valence-electron chi connectivity index (χ1n) is 8.15. The van der Waals surface area contributed by atoms with Crippen LogP contribution in [0.15, 0.2) is 6.20 Å². The standard InChI is InChI=1S/C16H26N4O/c1-11(2)18-16(21)19-8-4-5-14(10-19)20-12(3)9-17-15(20)13-6-7-13/h9,11,13-14H,4-8,10H2,1-3H3,(H,18,21). The van der Waals surface area contributed by atoms with E-state index < -0.39 is 0 Å². The number of likely N-dealkylation sites (tertiary alicyclic amines) is 1. The summed E-state index contributed by atoms with van der Waals surface area (Å²) in [5.41, 5.74) is 1.23. The van der Waals surface area contributed by atoms with Crippen LogP contribution in [-0.4, -0.2) is 39.6 Å². The van der Waals surface area contributed by atoms with Crippen LogP contribution < -0.4 is 5.32 Å². The lowest BCUT2D eigenvalue weighted by atomic mass is 10.0. The van der Waals surface area contributed by atoms with Gasteiger partial charge in [-0.05, 0) is 46.5 Å². The second-order valence-corrected chi connectivity index (χ2v) is 6.75. The van der Waals surface area contributed by atoms with E-state index in [1.165, 1.54) is 24.4 Å². The molecule has 2 heterocycles. The Labute approximate surface area is 126 Å². The van der Waals surface area contributed by atoms with Gasteiger partial charge < -0.3 is 14.8 Å². The van der Waals surface area contributed by atoms with Gasteiger partial charge in [-0.25, -0.2) is 9.78 Å². The van der Waals surface area contributed by atoms with Crippen molar-refractivity contribution in [2.24, 2.45) is 0 Å². The highest BCUT2D eigenvalue weighted by atomic mass is 16.2. The number of rotatable bonds is 3. The molecule has 3 rings (SSSR count). The molecule has 1 aromatic heterocycles. The Hall–Kier alpha value is -1.52. The summed E-state index contributed by atoms with van der Waals surface area (Å²) < 4.78 is 2.40. The summed E-state index contributed by atoms with van der Waals surface area (Å²) in [6.45, 7) is 7.80. The van der Waals surface area contributed by atoms with Gasteiger partial charge in [0.1, 0.15) is 5.82 Å². The predicted octanol–water partition coefficient (Wildman–Crippen LogP) is 2.82. The van der Waals surface area contributed by atoms with Crippen LogP contribution in [0.3, 0.4) is 0 Å². The number of imidazole rings is 1. The zero-order valence-corrected chi connectivity index (χ0v) is 13.3. The van der Waals surface area contributed by atoms with Crippen LogP contribution in [0.2, 0.25) is 0 Å². The van der Waals surface area contributed by atoms with Crippen molar-refractivity contribution in [2.75, 3.05) is 13.1 Å². The zero-order chi connectivity index (χ0) is 15.0. The minimum atomic E-state index is 0.0699. The van der Waals surface area contributed by atoms with Crippen molar-refractivity contribution in [1.82, 2.24) is 19.8 Å². The van der Waals surface area contributed by atoms with E-state index in [1.54, 1.807) is 0 Å². The van der Waals surface area contributed by atoms with E-state index in [0.717, 1.165) is 25.9 Å². The van der Waals surface area contributed by atoms with E-state index in [0.29, 0.717) is 12.0 Å². The molecule has 0 aromatic carbocycles. The molecule has 5 heteroatoms. The van der Waals surface area contributed by atoms with E-state index in [1.807, 2.05) is 24.9 Å². The Kier molecular flexibility index (Phi) is 3.91. The van der Waals surface area contributed by atoms with Gasteiger partial charge in [0.15, 0.2) is 0 Å². The predicted molar refractivity (Wildman–Crippen MR) is 82.5 cm³/mol. The van der Waals surface area contributed by atoms with E-state index in [2.05, 4.69) is 21.8 Å². The Bertz CT molecular complexity index is 518. The quantitative estimate of drug-likeness (QED) is 0.930. The minimum absolute atomic E-state index is 0.0699. The summed E-state index contributed by atoms with van der Waals surface area (Å²) in [6, 6.07) is 0.644. The molecule has 1 atom stereocenters. The molecule has 1 aromatic rings. The fourth-order valence-corrected chi connectivity index (χ4v) is 3.27. The van der Waals surface area contributed by atoms with Gasteiger partial charge >= 0.3 is 6.03 Å². The van der Waals surface area contributed by atoms with Gasteiger partial charge in [0.2, 0.25) is 0 Å². The zero-order valence-electron chi connectivity index (χ0n) is 13.3. The van der Waals surface area contributed by atoms with Gasteiger partial charge in [0.25, 0.3) is 0 Å². The maximum Gasteiger partial charge on any atom is 0.317 e. The summed E-state index contributed by atoms with van der Waals surface area (Å²) in [5, 5.41) is 3.00. The molecule has 1 saturated heterocycles. The van der Waals surface area contributed by atoms with Crippen LogP contribution in [0, 0.1) is 6.92 Å². The Morgan fingerprint density at radius 1 is 1.38 bits per heavy atom. The summed E-state index contributed by atoms with van der Waals surface area (Å²) >= 11 is 0. The van der Waals surface area contributed by atoms with E-state index in [9.17, 15) is 4.79 Å². The second kappa shape index (κ2) is 5.70. The third kappa shape index (κ3) is 3.06. The van der Waals surface area contributed by atoms with Crippen LogP contribution in [0.25, 0.3) is 0 Å². The number of carbonyl (C=O) groups excluding carboxylic acids is 1. The molecule has 116 valence electrons. The highest BCUT2D eigenvalue weighted by Crippen LogP contribution is 2.41. The molecular formula is C16H26N4O. The number of piperidine rings is 1. The molecule has 2 fully saturated rings. The van der Waals surface area contributed by atoms with Crippen LogP contribution in [0.4, 0.5) is 4.79 Å². The second-order valence-electron chi connectivity index (χ2n) is 6.75. The van der Waals surface area contributed by atoms with Crippen molar-refractivity contribution >= 4 is 6.03 Å². The summed E-state index contributed by atoms with van der Waals surface area (Å²) in [6.07, 6.45) is 6.72. The van der Waals surface area contributed by atoms with Crippen LogP contribution >= 0.6 is 0 Å². The highest BCUT2D eigenvalue weighted by Gasteiger charge is 2.33. The topological polar surface area (TPSA) is 50.2 Å². The van der Waals surface area contributed by atoms with Crippen LogP contribution in [0.1, 0.15) is 63.0 Å². The third-order valence-electron chi connectivity index (χ3n) is 4.41. The van der Waals surface area contributed by atoms with Gasteiger partial charge in [0.05, 0.1) is 6.04 Å². The summed E-state index contributed by atoms with van der Waals surface area (Å²) in [4.78, 5) is 18.8. The first-order chi connectivity index (χ1) is 10.1. The number of aryl methyl sites for hydroxylation is 1. The van der Waals surface area contributed by atoms with Crippen molar-refractivity contribution < 1.29 is 4.79 Å². The molecule has 5 nitrogen and oxygen atoms in total. The van der Waals surface area contributed by atoms with Crippen LogP contribution in [0.5, 0.6) is 0 Å². The van der Waals surface area contributed by atoms with E-state index in [4.69, 9.17) is 0 Å². The van der Waals surface area contributed by atoms with Gasteiger partial charge in [-0.3, -0.25) is 0 Å². The molecule has 1 saturated carbocycles. The van der Waals surface area contributed by atoms with Gasteiger partial charge in [-0.15, -0.1) is 0 Å². The number of urea groups is 1. The molecule has 21 heavy (non-hydrogen) atoms. The molecule has 1 aliphatic carbocycles. The van der Waals surface area contributed by atoms with Crippen molar-refractivity contribution in [1.29, 1.82) is 0 Å². The molecule has 1 unspecified atom stereocenters. The van der Waals surface area contributed by atoms with Crippen molar-refractivity contribution in [3.05, 3.63) is 17.7 Å². The highest BCUT2D eigenvalue weighted by molar-refractivity contribution is 5.74. The molecule has 2 amide bonds. The molecule has 1 aliphatic heterocycles. The molecule has 0 radical (unpaired) electrons. The van der Waals surface area contributed by atoms with Crippen LogP contribution in [-0.2, 0) is 0 Å². The van der Waals surface area contributed by atoms with Crippen molar-refractivity contribution in [3.63, 3.8) is 0 Å². The van der Waals surface area contributed by atoms with Crippen molar-refractivity contribution in [2.45, 2.75) is 64.5 Å². The summed E-state index contributed by atoms with van der Waals surface area (Å²) in [7, 11) is 0. The number of nitrogens with one attached hydrogen (secondary N) is 1. The average Bonchev–Trinajstić information content (AvgIpc) is 3.21. The monoisotopic (exact) mass is 290 g/mol. The molecule has 0 spiro atoms. The third-order valence-corrected chi connectivity index (χ3v) is 4.41.